The SMILES string of the molecule is CCCSc1nc(NC2CC2c2ccc(C)cc2)c2nnn([C@H]3C[C@@H](CCO)[C@H](O)[C@@H]3O)c2n1. The fraction of sp³-hybridized carbons (Fsp3) is 0.583. The lowest BCUT2D eigenvalue weighted by Gasteiger charge is -2.17. The van der Waals surface area contributed by atoms with E-state index < -0.39 is 18.2 Å². The number of hydrogen-bond acceptors (Lipinski definition) is 9. The summed E-state index contributed by atoms with van der Waals surface area (Å²) in [7, 11) is 0. The quantitative estimate of drug-likeness (QED) is 0.267. The van der Waals surface area contributed by atoms with Crippen LogP contribution in [0.15, 0.2) is 29.4 Å². The van der Waals surface area contributed by atoms with Crippen LogP contribution < -0.4 is 5.32 Å². The zero-order chi connectivity index (χ0) is 23.8. The van der Waals surface area contributed by atoms with Gasteiger partial charge in [0.2, 0.25) is 0 Å². The maximum Gasteiger partial charge on any atom is 0.191 e. The highest BCUT2D eigenvalue weighted by Gasteiger charge is 2.44. The number of anilines is 1. The monoisotopic (exact) mass is 484 g/mol. The average Bonchev–Trinajstić information content (AvgIpc) is 3.38. The van der Waals surface area contributed by atoms with Crippen molar-refractivity contribution in [1.29, 1.82) is 0 Å². The molecule has 0 radical (unpaired) electrons. The van der Waals surface area contributed by atoms with Crippen LogP contribution in [0.2, 0.25) is 0 Å². The molecular weight excluding hydrogens is 452 g/mol. The normalized spacial score (nSPS) is 28.5. The summed E-state index contributed by atoms with van der Waals surface area (Å²) in [4.78, 5) is 9.49. The second kappa shape index (κ2) is 9.77. The number of rotatable bonds is 9. The number of aliphatic hydroxyl groups excluding tert-OH is 3. The van der Waals surface area contributed by atoms with E-state index in [1.165, 1.54) is 11.1 Å². The number of aryl methyl sites for hydroxylation is 1. The van der Waals surface area contributed by atoms with Crippen molar-refractivity contribution in [1.82, 2.24) is 25.0 Å². The maximum atomic E-state index is 10.7. The van der Waals surface area contributed by atoms with Crippen molar-refractivity contribution in [3.05, 3.63) is 35.4 Å². The predicted octanol–water partition coefficient (Wildman–Crippen LogP) is 2.67. The average molecular weight is 485 g/mol. The molecule has 0 saturated heterocycles. The van der Waals surface area contributed by atoms with Gasteiger partial charge in [-0.15, -0.1) is 5.10 Å². The molecule has 0 amide bonds. The Kier molecular flexibility index (Phi) is 6.74. The lowest BCUT2D eigenvalue weighted by Crippen LogP contribution is -2.30. The first kappa shape index (κ1) is 23.5. The molecule has 5 rings (SSSR count). The molecule has 2 heterocycles. The van der Waals surface area contributed by atoms with E-state index in [0.29, 0.717) is 40.9 Å². The van der Waals surface area contributed by atoms with Gasteiger partial charge >= 0.3 is 0 Å². The molecule has 2 aliphatic rings. The third-order valence-electron chi connectivity index (χ3n) is 6.94. The van der Waals surface area contributed by atoms with Crippen LogP contribution in [0.25, 0.3) is 11.2 Å². The van der Waals surface area contributed by atoms with Crippen molar-refractivity contribution < 1.29 is 15.3 Å². The Morgan fingerprint density at radius 3 is 2.65 bits per heavy atom. The molecule has 182 valence electrons. The summed E-state index contributed by atoms with van der Waals surface area (Å²) in [6, 6.07) is 8.47. The summed E-state index contributed by atoms with van der Waals surface area (Å²) >= 11 is 1.58. The topological polar surface area (TPSA) is 129 Å². The first-order valence-corrected chi connectivity index (χ1v) is 13.0. The molecule has 6 atom stereocenters. The summed E-state index contributed by atoms with van der Waals surface area (Å²) < 4.78 is 1.63. The number of nitrogens with zero attached hydrogens (tertiary/aromatic N) is 5. The number of benzene rings is 1. The van der Waals surface area contributed by atoms with Crippen molar-refractivity contribution in [3.8, 4) is 0 Å². The molecule has 0 aliphatic heterocycles. The third kappa shape index (κ3) is 4.51. The van der Waals surface area contributed by atoms with Crippen LogP contribution in [0.4, 0.5) is 5.82 Å². The molecule has 2 fully saturated rings. The Morgan fingerprint density at radius 1 is 1.12 bits per heavy atom. The van der Waals surface area contributed by atoms with Crippen LogP contribution in [-0.2, 0) is 0 Å². The predicted molar refractivity (Wildman–Crippen MR) is 131 cm³/mol. The van der Waals surface area contributed by atoms with Gasteiger partial charge in [-0.1, -0.05) is 53.7 Å². The van der Waals surface area contributed by atoms with E-state index in [9.17, 15) is 15.3 Å². The number of thioether (sulfide) groups is 1. The van der Waals surface area contributed by atoms with Crippen LogP contribution in [0.3, 0.4) is 0 Å². The molecule has 2 unspecified atom stereocenters. The minimum atomic E-state index is -0.992. The van der Waals surface area contributed by atoms with Crippen LogP contribution in [0.1, 0.15) is 55.7 Å². The minimum Gasteiger partial charge on any atom is -0.396 e. The highest BCUT2D eigenvalue weighted by Crippen LogP contribution is 2.44. The Hall–Kier alpha value is -2.27. The molecule has 0 spiro atoms. The van der Waals surface area contributed by atoms with Crippen molar-refractivity contribution in [2.24, 2.45) is 5.92 Å². The van der Waals surface area contributed by atoms with E-state index >= 15 is 0 Å². The van der Waals surface area contributed by atoms with Gasteiger partial charge in [-0.25, -0.2) is 14.6 Å². The maximum absolute atomic E-state index is 10.7. The van der Waals surface area contributed by atoms with Crippen molar-refractivity contribution in [2.45, 2.75) is 74.9 Å². The van der Waals surface area contributed by atoms with Gasteiger partial charge in [-0.05, 0) is 44.1 Å². The second-order valence-corrected chi connectivity index (χ2v) is 10.5. The molecule has 10 heteroatoms. The summed E-state index contributed by atoms with van der Waals surface area (Å²) in [6.07, 6.45) is 1.06. The minimum absolute atomic E-state index is 0.0309. The fourth-order valence-corrected chi connectivity index (χ4v) is 5.59. The number of hydrogen-bond donors (Lipinski definition) is 4. The molecule has 1 aromatic carbocycles. The van der Waals surface area contributed by atoms with Gasteiger partial charge in [0.15, 0.2) is 22.1 Å². The first-order chi connectivity index (χ1) is 16.5. The molecule has 2 aliphatic carbocycles. The Balaban J connectivity index is 1.44. The van der Waals surface area contributed by atoms with Crippen LogP contribution in [0, 0.1) is 12.8 Å². The van der Waals surface area contributed by atoms with E-state index in [0.717, 1.165) is 18.6 Å². The third-order valence-corrected chi connectivity index (χ3v) is 8.00. The van der Waals surface area contributed by atoms with Gasteiger partial charge in [-0.2, -0.15) is 0 Å². The van der Waals surface area contributed by atoms with Gasteiger partial charge < -0.3 is 20.6 Å². The van der Waals surface area contributed by atoms with E-state index in [-0.39, 0.29) is 18.6 Å². The van der Waals surface area contributed by atoms with Gasteiger partial charge in [0.05, 0.1) is 12.1 Å². The highest BCUT2D eigenvalue weighted by atomic mass is 32.2. The standard InChI is InChI=1S/C24H32N6O3S/c1-3-10-34-24-26-22(25-17-12-16(17)14-6-4-13(2)5-7-14)19-23(27-24)30(29-28-19)18-11-15(8-9-31)20(32)21(18)33/h4-7,15-18,20-21,31-33H,3,8-12H2,1-2H3,(H,25,26,27)/t15-,16?,17?,18+,20+,21-/m1/s1. The zero-order valence-electron chi connectivity index (χ0n) is 19.5. The van der Waals surface area contributed by atoms with Gasteiger partial charge in [-0.3, -0.25) is 0 Å². The Labute approximate surface area is 203 Å². The zero-order valence-corrected chi connectivity index (χ0v) is 20.3. The van der Waals surface area contributed by atoms with E-state index in [1.54, 1.807) is 16.4 Å². The summed E-state index contributed by atoms with van der Waals surface area (Å²) in [5.41, 5.74) is 3.70. The van der Waals surface area contributed by atoms with Crippen LogP contribution in [0.5, 0.6) is 0 Å². The molecule has 9 nitrogen and oxygen atoms in total. The van der Waals surface area contributed by atoms with Gasteiger partial charge in [0.1, 0.15) is 6.10 Å². The van der Waals surface area contributed by atoms with Crippen LogP contribution in [-0.4, -0.2) is 70.9 Å². The highest BCUT2D eigenvalue weighted by molar-refractivity contribution is 7.99. The smallest absolute Gasteiger partial charge is 0.191 e. The lowest BCUT2D eigenvalue weighted by molar-refractivity contribution is 0.00107. The molecule has 0 bridgehead atoms. The molecule has 3 aromatic rings. The van der Waals surface area contributed by atoms with E-state index in [2.05, 4.69) is 53.7 Å². The fourth-order valence-electron chi connectivity index (χ4n) is 4.90. The number of aromatic nitrogens is 5. The second-order valence-electron chi connectivity index (χ2n) is 9.47. The van der Waals surface area contributed by atoms with Crippen molar-refractivity contribution in [2.75, 3.05) is 17.7 Å². The summed E-state index contributed by atoms with van der Waals surface area (Å²) in [5, 5.41) is 43.4. The van der Waals surface area contributed by atoms with Crippen LogP contribution >= 0.6 is 11.8 Å². The molecule has 4 N–H and O–H groups in total. The molecule has 34 heavy (non-hydrogen) atoms. The summed E-state index contributed by atoms with van der Waals surface area (Å²) in [5.74, 6) is 1.79. The molecule has 2 aromatic heterocycles. The Morgan fingerprint density at radius 2 is 1.91 bits per heavy atom. The van der Waals surface area contributed by atoms with Crippen molar-refractivity contribution >= 4 is 28.7 Å². The summed E-state index contributed by atoms with van der Waals surface area (Å²) in [6.45, 7) is 4.18. The molecular formula is C24H32N6O3S. The number of nitrogens with one attached hydrogen (secondary N) is 1. The first-order valence-electron chi connectivity index (χ1n) is 12.1. The van der Waals surface area contributed by atoms with E-state index in [1.807, 2.05) is 0 Å². The van der Waals surface area contributed by atoms with Gasteiger partial charge in [0, 0.05) is 24.3 Å². The van der Waals surface area contributed by atoms with Gasteiger partial charge in [0.25, 0.3) is 0 Å². The van der Waals surface area contributed by atoms with Crippen molar-refractivity contribution in [3.63, 3.8) is 0 Å². The largest absolute Gasteiger partial charge is 0.396 e. The Bertz CT molecular complexity index is 1140. The van der Waals surface area contributed by atoms with E-state index in [4.69, 9.17) is 9.97 Å². The lowest BCUT2D eigenvalue weighted by atomic mass is 10.0. The number of aliphatic hydroxyl groups is 3. The molecule has 2 saturated carbocycles. The number of fused-ring (bicyclic) bond motifs is 1.